The first kappa shape index (κ1) is 8.79. The summed E-state index contributed by atoms with van der Waals surface area (Å²) in [5.41, 5.74) is 0. The zero-order valence-electron chi connectivity index (χ0n) is 7.62. The Balaban J connectivity index is 2.56. The van der Waals surface area contributed by atoms with Gasteiger partial charge in [-0.25, -0.2) is 0 Å². The van der Waals surface area contributed by atoms with Gasteiger partial charge in [-0.15, -0.1) is 0 Å². The lowest BCUT2D eigenvalue weighted by Gasteiger charge is -2.28. The van der Waals surface area contributed by atoms with Crippen LogP contribution >= 0.6 is 0 Å². The van der Waals surface area contributed by atoms with Gasteiger partial charge in [-0.05, 0) is 24.2 Å². The SMILES string of the molecule is CC(C)[C@H]1C=C[C@H](C)[C@@H](O)C1. The highest BCUT2D eigenvalue weighted by atomic mass is 16.3. The summed E-state index contributed by atoms with van der Waals surface area (Å²) in [5, 5.41) is 9.55. The van der Waals surface area contributed by atoms with Gasteiger partial charge >= 0.3 is 0 Å². The number of aliphatic hydroxyl groups is 1. The highest BCUT2D eigenvalue weighted by molar-refractivity contribution is 5.01. The number of allylic oxidation sites excluding steroid dienone is 1. The summed E-state index contributed by atoms with van der Waals surface area (Å²) < 4.78 is 0. The predicted molar refractivity (Wildman–Crippen MR) is 47.3 cm³/mol. The molecule has 1 aliphatic carbocycles. The maximum Gasteiger partial charge on any atom is 0.0605 e. The highest BCUT2D eigenvalue weighted by Crippen LogP contribution is 2.27. The first-order chi connectivity index (χ1) is 5.11. The molecule has 0 spiro atoms. The van der Waals surface area contributed by atoms with E-state index in [-0.39, 0.29) is 6.10 Å². The van der Waals surface area contributed by atoms with Gasteiger partial charge in [0, 0.05) is 0 Å². The molecule has 0 saturated carbocycles. The number of hydrogen-bond acceptors (Lipinski definition) is 1. The maximum absolute atomic E-state index is 9.55. The van der Waals surface area contributed by atoms with Crippen LogP contribution in [0.25, 0.3) is 0 Å². The zero-order chi connectivity index (χ0) is 8.43. The van der Waals surface area contributed by atoms with E-state index in [1.165, 1.54) is 0 Å². The van der Waals surface area contributed by atoms with E-state index in [1.807, 2.05) is 0 Å². The normalized spacial score (nSPS) is 38.1. The first-order valence-corrected chi connectivity index (χ1v) is 4.47. The number of aliphatic hydroxyl groups excluding tert-OH is 1. The Hall–Kier alpha value is -0.300. The molecule has 11 heavy (non-hydrogen) atoms. The van der Waals surface area contributed by atoms with Crippen molar-refractivity contribution in [3.63, 3.8) is 0 Å². The predicted octanol–water partition coefficient (Wildman–Crippen LogP) is 2.22. The van der Waals surface area contributed by atoms with Crippen molar-refractivity contribution in [1.82, 2.24) is 0 Å². The summed E-state index contributed by atoms with van der Waals surface area (Å²) >= 11 is 0. The molecule has 0 saturated heterocycles. The molecule has 0 unspecified atom stereocenters. The van der Waals surface area contributed by atoms with Crippen LogP contribution in [0.5, 0.6) is 0 Å². The molecule has 0 radical (unpaired) electrons. The number of rotatable bonds is 1. The van der Waals surface area contributed by atoms with Crippen LogP contribution in [-0.4, -0.2) is 11.2 Å². The van der Waals surface area contributed by atoms with E-state index < -0.39 is 0 Å². The fourth-order valence-corrected chi connectivity index (χ4v) is 1.51. The summed E-state index contributed by atoms with van der Waals surface area (Å²) in [6, 6.07) is 0. The van der Waals surface area contributed by atoms with E-state index >= 15 is 0 Å². The molecule has 0 fully saturated rings. The van der Waals surface area contributed by atoms with E-state index in [9.17, 15) is 5.11 Å². The molecule has 0 amide bonds. The summed E-state index contributed by atoms with van der Waals surface area (Å²) in [6.45, 7) is 6.48. The van der Waals surface area contributed by atoms with Crippen molar-refractivity contribution in [2.45, 2.75) is 33.3 Å². The largest absolute Gasteiger partial charge is 0.393 e. The van der Waals surface area contributed by atoms with E-state index in [0.29, 0.717) is 17.8 Å². The van der Waals surface area contributed by atoms with Crippen LogP contribution < -0.4 is 0 Å². The molecule has 1 heteroatoms. The third-order valence-corrected chi connectivity index (χ3v) is 2.64. The van der Waals surface area contributed by atoms with Gasteiger partial charge < -0.3 is 5.11 Å². The van der Waals surface area contributed by atoms with E-state index in [0.717, 1.165) is 6.42 Å². The Labute approximate surface area is 69.1 Å². The van der Waals surface area contributed by atoms with Crippen LogP contribution in [0, 0.1) is 17.8 Å². The van der Waals surface area contributed by atoms with Crippen molar-refractivity contribution < 1.29 is 5.11 Å². The molecular formula is C10H18O. The monoisotopic (exact) mass is 154 g/mol. The molecule has 1 nitrogen and oxygen atoms in total. The molecule has 3 atom stereocenters. The quantitative estimate of drug-likeness (QED) is 0.574. The van der Waals surface area contributed by atoms with Crippen molar-refractivity contribution in [2.75, 3.05) is 0 Å². The molecule has 1 aliphatic rings. The van der Waals surface area contributed by atoms with Gasteiger partial charge in [0.25, 0.3) is 0 Å². The van der Waals surface area contributed by atoms with Crippen molar-refractivity contribution in [3.8, 4) is 0 Å². The third kappa shape index (κ3) is 2.06. The Morgan fingerprint density at radius 3 is 2.45 bits per heavy atom. The van der Waals surface area contributed by atoms with Crippen LogP contribution in [-0.2, 0) is 0 Å². The lowest BCUT2D eigenvalue weighted by atomic mass is 9.81. The lowest BCUT2D eigenvalue weighted by Crippen LogP contribution is -2.25. The van der Waals surface area contributed by atoms with Gasteiger partial charge in [0.1, 0.15) is 0 Å². The van der Waals surface area contributed by atoms with Crippen molar-refractivity contribution in [1.29, 1.82) is 0 Å². The average Bonchev–Trinajstić information content (AvgIpc) is 1.94. The summed E-state index contributed by atoms with van der Waals surface area (Å²) in [6.07, 6.45) is 5.21. The Morgan fingerprint density at radius 1 is 1.36 bits per heavy atom. The van der Waals surface area contributed by atoms with Crippen molar-refractivity contribution in [2.24, 2.45) is 17.8 Å². The van der Waals surface area contributed by atoms with Gasteiger partial charge in [0.15, 0.2) is 0 Å². The van der Waals surface area contributed by atoms with E-state index in [4.69, 9.17) is 0 Å². The van der Waals surface area contributed by atoms with Crippen molar-refractivity contribution >= 4 is 0 Å². The minimum atomic E-state index is -0.118. The summed E-state index contributed by atoms with van der Waals surface area (Å²) in [5.74, 6) is 1.60. The van der Waals surface area contributed by atoms with Gasteiger partial charge in [0.05, 0.1) is 6.10 Å². The van der Waals surface area contributed by atoms with Crippen LogP contribution in [0.15, 0.2) is 12.2 Å². The van der Waals surface area contributed by atoms with Crippen LogP contribution in [0.2, 0.25) is 0 Å². The minimum Gasteiger partial charge on any atom is -0.393 e. The topological polar surface area (TPSA) is 20.2 Å². The van der Waals surface area contributed by atoms with Crippen molar-refractivity contribution in [3.05, 3.63) is 12.2 Å². The molecule has 0 aliphatic heterocycles. The van der Waals surface area contributed by atoms with E-state index in [1.54, 1.807) is 0 Å². The summed E-state index contributed by atoms with van der Waals surface area (Å²) in [4.78, 5) is 0. The molecule has 0 aromatic heterocycles. The van der Waals surface area contributed by atoms with Gasteiger partial charge in [-0.1, -0.05) is 32.9 Å². The van der Waals surface area contributed by atoms with Gasteiger partial charge in [0.2, 0.25) is 0 Å². The third-order valence-electron chi connectivity index (χ3n) is 2.64. The fraction of sp³-hybridized carbons (Fsp3) is 0.800. The standard InChI is InChI=1S/C10H18O/c1-7(2)9-5-4-8(3)10(11)6-9/h4-5,7-11H,6H2,1-3H3/t8-,9-,10-/m0/s1. The molecule has 64 valence electrons. The Bertz CT molecular complexity index is 149. The molecule has 0 aromatic carbocycles. The van der Waals surface area contributed by atoms with Crippen LogP contribution in [0.1, 0.15) is 27.2 Å². The lowest BCUT2D eigenvalue weighted by molar-refractivity contribution is 0.0990. The zero-order valence-corrected chi connectivity index (χ0v) is 7.62. The van der Waals surface area contributed by atoms with Crippen LogP contribution in [0.3, 0.4) is 0 Å². The Kier molecular flexibility index (Phi) is 2.72. The maximum atomic E-state index is 9.55. The summed E-state index contributed by atoms with van der Waals surface area (Å²) in [7, 11) is 0. The van der Waals surface area contributed by atoms with Gasteiger partial charge in [-0.2, -0.15) is 0 Å². The molecule has 0 heterocycles. The Morgan fingerprint density at radius 2 is 2.00 bits per heavy atom. The minimum absolute atomic E-state index is 0.118. The fourth-order valence-electron chi connectivity index (χ4n) is 1.51. The second kappa shape index (κ2) is 3.40. The second-order valence-electron chi connectivity index (χ2n) is 3.95. The van der Waals surface area contributed by atoms with Crippen LogP contribution in [0.4, 0.5) is 0 Å². The highest BCUT2D eigenvalue weighted by Gasteiger charge is 2.22. The first-order valence-electron chi connectivity index (χ1n) is 4.47. The molecule has 1 rings (SSSR count). The molecule has 0 bridgehead atoms. The second-order valence-corrected chi connectivity index (χ2v) is 3.95. The molecular weight excluding hydrogens is 136 g/mol. The molecule has 1 N–H and O–H groups in total. The van der Waals surface area contributed by atoms with Gasteiger partial charge in [-0.3, -0.25) is 0 Å². The molecule has 0 aromatic rings. The van der Waals surface area contributed by atoms with E-state index in [2.05, 4.69) is 32.9 Å². The smallest absolute Gasteiger partial charge is 0.0605 e. The average molecular weight is 154 g/mol. The number of hydrogen-bond donors (Lipinski definition) is 1.